The highest BCUT2D eigenvalue weighted by atomic mass is 35.5. The third kappa shape index (κ3) is 8.08. The minimum atomic E-state index is -4.36. The second kappa shape index (κ2) is 11.2. The molecule has 10 heteroatoms. The average Bonchev–Trinajstić information content (AvgIpc) is 3.05. The Balaban J connectivity index is 0.00000312. The predicted octanol–water partition coefficient (Wildman–Crippen LogP) is 0.946. The molecule has 0 spiro atoms. The van der Waals surface area contributed by atoms with Crippen molar-refractivity contribution in [3.63, 3.8) is 0 Å². The molecule has 148 valence electrons. The summed E-state index contributed by atoms with van der Waals surface area (Å²) in [5.41, 5.74) is 0. The molecule has 0 aromatic rings. The number of ether oxygens (including phenoxy) is 2. The molecule has 1 amide bonds. The molecular weight excluding hydrogens is 363 g/mol. The number of amides is 1. The van der Waals surface area contributed by atoms with Crippen molar-refractivity contribution in [2.24, 2.45) is 0 Å². The van der Waals surface area contributed by atoms with Crippen LogP contribution in [0.5, 0.6) is 0 Å². The first kappa shape index (κ1) is 22.4. The van der Waals surface area contributed by atoms with Gasteiger partial charge in [-0.2, -0.15) is 13.2 Å². The van der Waals surface area contributed by atoms with E-state index in [1.165, 1.54) is 4.90 Å². The van der Waals surface area contributed by atoms with E-state index in [0.29, 0.717) is 32.8 Å². The van der Waals surface area contributed by atoms with Gasteiger partial charge in [0.1, 0.15) is 6.04 Å². The van der Waals surface area contributed by atoms with E-state index in [2.05, 4.69) is 10.6 Å². The van der Waals surface area contributed by atoms with Gasteiger partial charge in [-0.1, -0.05) is 0 Å². The van der Waals surface area contributed by atoms with Crippen LogP contribution in [-0.4, -0.2) is 81.7 Å². The SMILES string of the molecule is Cl.O=C(CCOCC1CCCO1)NCC(N1CCNCC1)C(F)(F)F. The molecule has 0 saturated carbocycles. The number of rotatable bonds is 8. The van der Waals surface area contributed by atoms with Gasteiger partial charge in [0.25, 0.3) is 0 Å². The first-order valence-electron chi connectivity index (χ1n) is 8.44. The number of nitrogens with zero attached hydrogens (tertiary/aromatic N) is 1. The van der Waals surface area contributed by atoms with Crippen molar-refractivity contribution in [2.75, 3.05) is 52.5 Å². The molecule has 2 atom stereocenters. The van der Waals surface area contributed by atoms with Crippen LogP contribution < -0.4 is 10.6 Å². The molecule has 2 rings (SSSR count). The zero-order chi connectivity index (χ0) is 17.4. The van der Waals surface area contributed by atoms with Gasteiger partial charge >= 0.3 is 6.18 Å². The molecule has 0 aliphatic carbocycles. The molecule has 2 unspecified atom stereocenters. The first-order chi connectivity index (χ1) is 11.5. The van der Waals surface area contributed by atoms with Gasteiger partial charge in [0.2, 0.25) is 5.91 Å². The van der Waals surface area contributed by atoms with Gasteiger partial charge in [-0.25, -0.2) is 0 Å². The molecule has 0 radical (unpaired) electrons. The maximum Gasteiger partial charge on any atom is 0.405 e. The molecule has 2 aliphatic rings. The van der Waals surface area contributed by atoms with Gasteiger partial charge in [-0.05, 0) is 12.8 Å². The zero-order valence-electron chi connectivity index (χ0n) is 14.1. The Morgan fingerprint density at radius 1 is 1.36 bits per heavy atom. The number of carbonyl (C=O) groups excluding carboxylic acids is 1. The van der Waals surface area contributed by atoms with Crippen molar-refractivity contribution < 1.29 is 27.4 Å². The summed E-state index contributed by atoms with van der Waals surface area (Å²) in [4.78, 5) is 13.1. The second-order valence-corrected chi connectivity index (χ2v) is 6.11. The van der Waals surface area contributed by atoms with Gasteiger partial charge in [0.05, 0.1) is 19.3 Å². The Bertz CT molecular complexity index is 390. The standard InChI is InChI=1S/C15H26F3N3O3.ClH/c16-15(17,18)13(21-6-4-19-5-7-21)10-20-14(22)3-9-23-11-12-2-1-8-24-12;/h12-13,19H,1-11H2,(H,20,22);1H. The fourth-order valence-electron chi connectivity index (χ4n) is 2.90. The molecule has 25 heavy (non-hydrogen) atoms. The number of alkyl halides is 3. The van der Waals surface area contributed by atoms with Crippen LogP contribution in [0.2, 0.25) is 0 Å². The van der Waals surface area contributed by atoms with E-state index in [9.17, 15) is 18.0 Å². The maximum absolute atomic E-state index is 13.2. The molecule has 0 aromatic carbocycles. The van der Waals surface area contributed by atoms with Crippen LogP contribution in [0.25, 0.3) is 0 Å². The number of hydrogen-bond donors (Lipinski definition) is 2. The van der Waals surface area contributed by atoms with Gasteiger partial charge < -0.3 is 20.1 Å². The van der Waals surface area contributed by atoms with E-state index >= 15 is 0 Å². The van der Waals surface area contributed by atoms with Crippen LogP contribution in [0.1, 0.15) is 19.3 Å². The van der Waals surface area contributed by atoms with E-state index in [-0.39, 0.29) is 31.5 Å². The average molecular weight is 390 g/mol. The van der Waals surface area contributed by atoms with Crippen molar-refractivity contribution in [1.82, 2.24) is 15.5 Å². The molecular formula is C15H27ClF3N3O3. The van der Waals surface area contributed by atoms with Crippen molar-refractivity contribution in [2.45, 2.75) is 37.6 Å². The van der Waals surface area contributed by atoms with E-state index in [4.69, 9.17) is 9.47 Å². The monoisotopic (exact) mass is 389 g/mol. The number of halogens is 4. The Hall–Kier alpha value is -0.610. The quantitative estimate of drug-likeness (QED) is 0.605. The number of carbonyl (C=O) groups is 1. The van der Waals surface area contributed by atoms with Gasteiger partial charge in [0, 0.05) is 45.8 Å². The highest BCUT2D eigenvalue weighted by molar-refractivity contribution is 5.85. The lowest BCUT2D eigenvalue weighted by Gasteiger charge is -2.35. The fraction of sp³-hybridized carbons (Fsp3) is 0.933. The minimum Gasteiger partial charge on any atom is -0.378 e. The topological polar surface area (TPSA) is 62.8 Å². The molecule has 0 aromatic heterocycles. The summed E-state index contributed by atoms with van der Waals surface area (Å²) >= 11 is 0. The van der Waals surface area contributed by atoms with Gasteiger partial charge in [0.15, 0.2) is 0 Å². The summed E-state index contributed by atoms with van der Waals surface area (Å²) in [5.74, 6) is -0.424. The second-order valence-electron chi connectivity index (χ2n) is 6.11. The maximum atomic E-state index is 13.2. The molecule has 6 nitrogen and oxygen atoms in total. The Morgan fingerprint density at radius 2 is 2.08 bits per heavy atom. The van der Waals surface area contributed by atoms with Crippen molar-refractivity contribution in [1.29, 1.82) is 0 Å². The molecule has 2 saturated heterocycles. The summed E-state index contributed by atoms with van der Waals surface area (Å²) in [7, 11) is 0. The van der Waals surface area contributed by atoms with E-state index in [1.54, 1.807) is 0 Å². The summed E-state index contributed by atoms with van der Waals surface area (Å²) in [6.45, 7) is 2.63. The Morgan fingerprint density at radius 3 is 2.68 bits per heavy atom. The lowest BCUT2D eigenvalue weighted by atomic mass is 10.2. The molecule has 2 fully saturated rings. The predicted molar refractivity (Wildman–Crippen MR) is 89.0 cm³/mol. The first-order valence-corrected chi connectivity index (χ1v) is 8.44. The van der Waals surface area contributed by atoms with E-state index < -0.39 is 24.7 Å². The summed E-state index contributed by atoms with van der Waals surface area (Å²) < 4.78 is 50.3. The number of nitrogens with one attached hydrogen (secondary N) is 2. The van der Waals surface area contributed by atoms with Crippen LogP contribution >= 0.6 is 12.4 Å². The van der Waals surface area contributed by atoms with Crippen LogP contribution in [0.15, 0.2) is 0 Å². The van der Waals surface area contributed by atoms with Crippen LogP contribution in [0, 0.1) is 0 Å². The largest absolute Gasteiger partial charge is 0.405 e. The van der Waals surface area contributed by atoms with E-state index in [0.717, 1.165) is 19.4 Å². The minimum absolute atomic E-state index is 0. The number of piperazine rings is 1. The van der Waals surface area contributed by atoms with E-state index in [1.807, 2.05) is 0 Å². The highest BCUT2D eigenvalue weighted by Crippen LogP contribution is 2.24. The van der Waals surface area contributed by atoms with Gasteiger partial charge in [-0.3, -0.25) is 9.69 Å². The smallest absolute Gasteiger partial charge is 0.378 e. The normalized spacial score (nSPS) is 23.1. The van der Waals surface area contributed by atoms with Crippen molar-refractivity contribution in [3.05, 3.63) is 0 Å². The molecule has 2 aliphatic heterocycles. The van der Waals surface area contributed by atoms with Crippen molar-refractivity contribution in [3.8, 4) is 0 Å². The summed E-state index contributed by atoms with van der Waals surface area (Å²) in [6.07, 6.45) is -2.26. The molecule has 0 bridgehead atoms. The lowest BCUT2D eigenvalue weighted by Crippen LogP contribution is -2.57. The highest BCUT2D eigenvalue weighted by Gasteiger charge is 2.43. The summed E-state index contributed by atoms with van der Waals surface area (Å²) in [5, 5.41) is 5.40. The third-order valence-corrected chi connectivity index (χ3v) is 4.26. The molecule has 2 heterocycles. The Labute approximate surface area is 152 Å². The van der Waals surface area contributed by atoms with Crippen LogP contribution in [-0.2, 0) is 14.3 Å². The van der Waals surface area contributed by atoms with Crippen LogP contribution in [0.4, 0.5) is 13.2 Å². The van der Waals surface area contributed by atoms with Crippen molar-refractivity contribution >= 4 is 18.3 Å². The lowest BCUT2D eigenvalue weighted by molar-refractivity contribution is -0.184. The third-order valence-electron chi connectivity index (χ3n) is 4.26. The van der Waals surface area contributed by atoms with Gasteiger partial charge in [-0.15, -0.1) is 12.4 Å². The number of hydrogen-bond acceptors (Lipinski definition) is 5. The summed E-state index contributed by atoms with van der Waals surface area (Å²) in [6, 6.07) is -1.64. The zero-order valence-corrected chi connectivity index (χ0v) is 15.0. The Kier molecular flexibility index (Phi) is 10.0. The fourth-order valence-corrected chi connectivity index (χ4v) is 2.90. The van der Waals surface area contributed by atoms with Crippen LogP contribution in [0.3, 0.4) is 0 Å². The molecule has 2 N–H and O–H groups in total.